The topological polar surface area (TPSA) is 108 Å². The van der Waals surface area contributed by atoms with Gasteiger partial charge in [0.25, 0.3) is 0 Å². The molecule has 1 aromatic carbocycles. The van der Waals surface area contributed by atoms with E-state index in [1.807, 2.05) is 31.0 Å². The van der Waals surface area contributed by atoms with E-state index in [1.165, 1.54) is 44.1 Å². The summed E-state index contributed by atoms with van der Waals surface area (Å²) in [6, 6.07) is 6.92. The second-order valence-electron chi connectivity index (χ2n) is 10.8. The number of methoxy groups -OCH3 is 1. The number of hydrogen-bond donors (Lipinski definition) is 3. The van der Waals surface area contributed by atoms with E-state index in [2.05, 4.69) is 36.2 Å². The fourth-order valence-corrected chi connectivity index (χ4v) is 5.65. The van der Waals surface area contributed by atoms with Crippen molar-refractivity contribution in [2.24, 2.45) is 21.7 Å². The van der Waals surface area contributed by atoms with Gasteiger partial charge in [-0.2, -0.15) is 4.99 Å². The third-order valence-corrected chi connectivity index (χ3v) is 8.03. The van der Waals surface area contributed by atoms with Crippen LogP contribution in [0.1, 0.15) is 90.2 Å². The zero-order chi connectivity index (χ0) is 28.2. The minimum atomic E-state index is 0.251. The summed E-state index contributed by atoms with van der Waals surface area (Å²) in [7, 11) is 1.71. The second-order valence-corrected chi connectivity index (χ2v) is 10.8. The standard InChI is InChI=1S/C30H52N8O/c1-6-25-20-24(17-18-28(25)39-5)21-37(31)23(4)33-30(34-26-14-11-9-10-12-15-26)35-29(7-2)38(32)22-27-16-13-19-36(27)8-3/h7,17-18,20,26-27H,6,8-16,19,21-22,31-32H2,1-5H3,(H,34,35)/b29-7-,33-23+. The molecule has 0 radical (unpaired) electrons. The Balaban J connectivity index is 1.78. The predicted octanol–water partition coefficient (Wildman–Crippen LogP) is 4.54. The van der Waals surface area contributed by atoms with Gasteiger partial charge in [-0.25, -0.2) is 16.7 Å². The van der Waals surface area contributed by atoms with E-state index in [1.54, 1.807) is 12.1 Å². The van der Waals surface area contributed by atoms with Gasteiger partial charge in [-0.1, -0.05) is 51.7 Å². The summed E-state index contributed by atoms with van der Waals surface area (Å²) in [6.07, 6.45) is 12.4. The Morgan fingerprint density at radius 3 is 2.49 bits per heavy atom. The van der Waals surface area contributed by atoms with E-state index < -0.39 is 0 Å². The number of rotatable bonds is 10. The highest BCUT2D eigenvalue weighted by atomic mass is 16.5. The molecule has 39 heavy (non-hydrogen) atoms. The normalized spacial score (nSPS) is 20.2. The van der Waals surface area contributed by atoms with Gasteiger partial charge in [0.2, 0.25) is 5.96 Å². The number of ether oxygens (including phenoxy) is 1. The number of aryl methyl sites for hydroxylation is 1. The Morgan fingerprint density at radius 2 is 1.85 bits per heavy atom. The van der Waals surface area contributed by atoms with Crippen LogP contribution in [0.4, 0.5) is 0 Å². The quantitative estimate of drug-likeness (QED) is 0.131. The SMILES string of the molecule is C/C=C(/NC(=NC1CCCCCC1)/N=C(\C)N(N)Cc1ccc(OC)c(CC)c1)N(N)CC1CCCN1CC. The molecular weight excluding hydrogens is 488 g/mol. The van der Waals surface area contributed by atoms with Gasteiger partial charge in [0.05, 0.1) is 26.2 Å². The molecule has 1 aliphatic carbocycles. The zero-order valence-electron chi connectivity index (χ0n) is 25.0. The number of guanidine groups is 1. The summed E-state index contributed by atoms with van der Waals surface area (Å²) in [5.74, 6) is 16.1. The molecule has 0 spiro atoms. The van der Waals surface area contributed by atoms with E-state index in [0.717, 1.165) is 56.0 Å². The van der Waals surface area contributed by atoms with E-state index >= 15 is 0 Å². The fourth-order valence-electron chi connectivity index (χ4n) is 5.65. The number of nitrogens with two attached hydrogens (primary N) is 2. The molecule has 1 unspecified atom stereocenters. The largest absolute Gasteiger partial charge is 0.496 e. The van der Waals surface area contributed by atoms with E-state index in [-0.39, 0.29) is 6.04 Å². The maximum atomic E-state index is 6.60. The molecule has 2 aliphatic rings. The Bertz CT molecular complexity index is 983. The molecule has 0 bridgehead atoms. The smallest absolute Gasteiger partial charge is 0.225 e. The predicted molar refractivity (Wildman–Crippen MR) is 162 cm³/mol. The van der Waals surface area contributed by atoms with Gasteiger partial charge in [0, 0.05) is 6.04 Å². The summed E-state index contributed by atoms with van der Waals surface area (Å²) in [5.41, 5.74) is 2.28. The molecule has 1 heterocycles. The van der Waals surface area contributed by atoms with Crippen molar-refractivity contribution in [1.29, 1.82) is 0 Å². The van der Waals surface area contributed by atoms with Crippen LogP contribution in [0.5, 0.6) is 5.75 Å². The lowest BCUT2D eigenvalue weighted by Gasteiger charge is -2.30. The zero-order valence-corrected chi connectivity index (χ0v) is 25.0. The van der Waals surface area contributed by atoms with Crippen LogP contribution in [-0.4, -0.2) is 65.5 Å². The van der Waals surface area contributed by atoms with Gasteiger partial charge in [0.15, 0.2) is 0 Å². The van der Waals surface area contributed by atoms with Crippen LogP contribution in [0.25, 0.3) is 0 Å². The highest BCUT2D eigenvalue weighted by Crippen LogP contribution is 2.22. The van der Waals surface area contributed by atoms with Gasteiger partial charge >= 0.3 is 0 Å². The van der Waals surface area contributed by atoms with E-state index in [4.69, 9.17) is 26.4 Å². The lowest BCUT2D eigenvalue weighted by atomic mass is 10.1. The molecule has 1 aliphatic heterocycles. The van der Waals surface area contributed by atoms with Crippen LogP contribution in [0.2, 0.25) is 0 Å². The lowest BCUT2D eigenvalue weighted by molar-refractivity contribution is 0.201. The Kier molecular flexibility index (Phi) is 12.6. The van der Waals surface area contributed by atoms with Crippen molar-refractivity contribution in [3.8, 4) is 5.75 Å². The van der Waals surface area contributed by atoms with Crippen LogP contribution in [0.3, 0.4) is 0 Å². The van der Waals surface area contributed by atoms with Crippen molar-refractivity contribution in [2.45, 2.75) is 104 Å². The number of nitrogens with one attached hydrogen (secondary N) is 1. The number of aliphatic imine (C=N–C) groups is 2. The minimum Gasteiger partial charge on any atom is -0.496 e. The van der Waals surface area contributed by atoms with Crippen molar-refractivity contribution in [3.63, 3.8) is 0 Å². The number of allylic oxidation sites excluding steroid dienone is 1. The maximum Gasteiger partial charge on any atom is 0.225 e. The van der Waals surface area contributed by atoms with Crippen LogP contribution in [0, 0.1) is 0 Å². The molecule has 218 valence electrons. The molecule has 3 rings (SSSR count). The number of likely N-dealkylation sites (N-methyl/N-ethyl adjacent to an activating group) is 1. The van der Waals surface area contributed by atoms with E-state index in [0.29, 0.717) is 24.4 Å². The summed E-state index contributed by atoms with van der Waals surface area (Å²) >= 11 is 0. The molecule has 9 nitrogen and oxygen atoms in total. The van der Waals surface area contributed by atoms with Gasteiger partial charge < -0.3 is 10.1 Å². The third-order valence-electron chi connectivity index (χ3n) is 8.03. The van der Waals surface area contributed by atoms with Gasteiger partial charge in [0.1, 0.15) is 17.4 Å². The maximum absolute atomic E-state index is 6.60. The average molecular weight is 541 g/mol. The van der Waals surface area contributed by atoms with Crippen molar-refractivity contribution >= 4 is 11.8 Å². The first-order chi connectivity index (χ1) is 18.9. The average Bonchev–Trinajstić information content (AvgIpc) is 3.23. The van der Waals surface area contributed by atoms with Crippen molar-refractivity contribution in [2.75, 3.05) is 26.7 Å². The first kappa shape index (κ1) is 30.9. The third kappa shape index (κ3) is 9.22. The monoisotopic (exact) mass is 540 g/mol. The summed E-state index contributed by atoms with van der Waals surface area (Å²) in [6.45, 7) is 11.8. The molecule has 1 atom stereocenters. The highest BCUT2D eigenvalue weighted by molar-refractivity contribution is 5.95. The Labute approximate surface area is 236 Å². The van der Waals surface area contributed by atoms with Crippen LogP contribution < -0.4 is 21.7 Å². The molecular formula is C30H52N8O. The molecule has 1 saturated heterocycles. The first-order valence-corrected chi connectivity index (χ1v) is 14.9. The number of nitrogens with zero attached hydrogens (tertiary/aromatic N) is 5. The van der Waals surface area contributed by atoms with Crippen LogP contribution >= 0.6 is 0 Å². The number of hydrazine groups is 2. The Hall–Kier alpha value is -2.62. The van der Waals surface area contributed by atoms with Gasteiger partial charge in [-0.3, -0.25) is 14.9 Å². The summed E-state index contributed by atoms with van der Waals surface area (Å²) < 4.78 is 5.48. The van der Waals surface area contributed by atoms with E-state index in [9.17, 15) is 0 Å². The number of amidine groups is 1. The van der Waals surface area contributed by atoms with Crippen molar-refractivity contribution in [3.05, 3.63) is 41.2 Å². The summed E-state index contributed by atoms with van der Waals surface area (Å²) in [5, 5.41) is 6.96. The second kappa shape index (κ2) is 15.8. The van der Waals surface area contributed by atoms with Crippen molar-refractivity contribution in [1.82, 2.24) is 20.2 Å². The molecule has 9 heteroatoms. The highest BCUT2D eigenvalue weighted by Gasteiger charge is 2.25. The number of benzene rings is 1. The molecule has 1 saturated carbocycles. The molecule has 2 fully saturated rings. The van der Waals surface area contributed by atoms with Crippen LogP contribution in [0.15, 0.2) is 40.1 Å². The minimum absolute atomic E-state index is 0.251. The molecule has 0 aromatic heterocycles. The molecule has 5 N–H and O–H groups in total. The lowest BCUT2D eigenvalue weighted by Crippen LogP contribution is -2.47. The first-order valence-electron chi connectivity index (χ1n) is 14.9. The molecule has 0 amide bonds. The van der Waals surface area contributed by atoms with Crippen molar-refractivity contribution < 1.29 is 4.74 Å². The fraction of sp³-hybridized carbons (Fsp3) is 0.667. The van der Waals surface area contributed by atoms with Crippen LogP contribution in [-0.2, 0) is 13.0 Å². The van der Waals surface area contributed by atoms with Gasteiger partial charge in [-0.05, 0) is 82.3 Å². The molecule has 1 aromatic rings. The Morgan fingerprint density at radius 1 is 1.10 bits per heavy atom. The number of likely N-dealkylation sites (tertiary alicyclic amines) is 1. The summed E-state index contributed by atoms with van der Waals surface area (Å²) in [4.78, 5) is 12.5. The van der Waals surface area contributed by atoms with Gasteiger partial charge in [-0.15, -0.1) is 0 Å². The number of hydrogen-bond acceptors (Lipinski definition) is 6.